The number of carbonyl (C=O) groups is 1. The summed E-state index contributed by atoms with van der Waals surface area (Å²) in [5.41, 5.74) is -3.20. The Morgan fingerprint density at radius 2 is 1.29 bits per heavy atom. The molecule has 110 valence electrons. The summed E-state index contributed by atoms with van der Waals surface area (Å²) in [6.45, 7) is 1.05. The van der Waals surface area contributed by atoms with Gasteiger partial charge in [0.1, 0.15) is 0 Å². The normalized spacial score (nSPS) is 14.5. The fourth-order valence-electron chi connectivity index (χ4n) is 1.96. The van der Waals surface area contributed by atoms with Crippen molar-refractivity contribution in [2.45, 2.75) is 18.8 Å². The van der Waals surface area contributed by atoms with Crippen LogP contribution in [0, 0.1) is 0 Å². The van der Waals surface area contributed by atoms with Crippen LogP contribution in [-0.4, -0.2) is 5.78 Å². The highest BCUT2D eigenvalue weighted by atomic mass is 19.4. The summed E-state index contributed by atoms with van der Waals surface area (Å²) in [5.74, 6) is -0.789. The predicted octanol–water partition coefficient (Wildman–Crippen LogP) is 4.77. The second-order valence-electron chi connectivity index (χ2n) is 4.77. The second-order valence-corrected chi connectivity index (χ2v) is 4.77. The first kappa shape index (κ1) is 15.2. The smallest absolute Gasteiger partial charge is 0.290 e. The molecule has 0 saturated carbocycles. The van der Waals surface area contributed by atoms with Gasteiger partial charge in [-0.3, -0.25) is 4.79 Å². The molecule has 0 spiro atoms. The van der Waals surface area contributed by atoms with Crippen molar-refractivity contribution < 1.29 is 22.4 Å². The molecule has 0 aliphatic heterocycles. The molecule has 1 atom stereocenters. The molecule has 1 nitrogen and oxygen atoms in total. The molecule has 2 aromatic rings. The third kappa shape index (κ3) is 3.12. The van der Waals surface area contributed by atoms with Gasteiger partial charge in [0.15, 0.2) is 5.67 Å². The van der Waals surface area contributed by atoms with E-state index in [0.29, 0.717) is 0 Å². The molecule has 0 amide bonds. The molecular formula is C16H12F4O. The van der Waals surface area contributed by atoms with Gasteiger partial charge in [-0.05, 0) is 24.6 Å². The number of hydrogen-bond acceptors (Lipinski definition) is 1. The van der Waals surface area contributed by atoms with E-state index in [1.165, 1.54) is 12.1 Å². The lowest BCUT2D eigenvalue weighted by molar-refractivity contribution is -0.137. The van der Waals surface area contributed by atoms with Gasteiger partial charge in [0, 0.05) is 5.56 Å². The van der Waals surface area contributed by atoms with Crippen molar-refractivity contribution in [2.75, 3.05) is 0 Å². The van der Waals surface area contributed by atoms with Crippen molar-refractivity contribution in [3.8, 4) is 0 Å². The van der Waals surface area contributed by atoms with Gasteiger partial charge < -0.3 is 0 Å². The molecule has 0 aliphatic rings. The second kappa shape index (κ2) is 5.31. The molecule has 0 bridgehead atoms. The van der Waals surface area contributed by atoms with Crippen LogP contribution in [0.25, 0.3) is 0 Å². The van der Waals surface area contributed by atoms with Gasteiger partial charge >= 0.3 is 6.18 Å². The van der Waals surface area contributed by atoms with Gasteiger partial charge in [-0.15, -0.1) is 0 Å². The number of halogens is 4. The van der Waals surface area contributed by atoms with Crippen molar-refractivity contribution in [3.05, 3.63) is 71.3 Å². The zero-order chi connectivity index (χ0) is 15.7. The van der Waals surface area contributed by atoms with Gasteiger partial charge in [-0.1, -0.05) is 42.5 Å². The lowest BCUT2D eigenvalue weighted by atomic mass is 9.89. The van der Waals surface area contributed by atoms with Gasteiger partial charge in [0.05, 0.1) is 5.56 Å². The number of Topliss-reactive ketones (excluding diaryl/α,β-unsaturated/α-hetero) is 1. The Labute approximate surface area is 119 Å². The highest BCUT2D eigenvalue weighted by Crippen LogP contribution is 2.33. The van der Waals surface area contributed by atoms with Gasteiger partial charge in [-0.25, -0.2) is 4.39 Å². The fraction of sp³-hybridized carbons (Fsp3) is 0.188. The van der Waals surface area contributed by atoms with Crippen molar-refractivity contribution in [1.29, 1.82) is 0 Å². The summed E-state index contributed by atoms with van der Waals surface area (Å²) >= 11 is 0. The van der Waals surface area contributed by atoms with Crippen LogP contribution < -0.4 is 0 Å². The third-order valence-electron chi connectivity index (χ3n) is 3.22. The van der Waals surface area contributed by atoms with Gasteiger partial charge in [0.25, 0.3) is 0 Å². The van der Waals surface area contributed by atoms with E-state index in [1.54, 1.807) is 18.2 Å². The maximum Gasteiger partial charge on any atom is 0.416 e. The quantitative estimate of drug-likeness (QED) is 0.589. The summed E-state index contributed by atoms with van der Waals surface area (Å²) < 4.78 is 52.1. The Morgan fingerprint density at radius 1 is 0.810 bits per heavy atom. The van der Waals surface area contributed by atoms with E-state index in [-0.39, 0.29) is 11.1 Å². The Kier molecular flexibility index (Phi) is 3.85. The molecule has 21 heavy (non-hydrogen) atoms. The van der Waals surface area contributed by atoms with Crippen LogP contribution in [0.1, 0.15) is 28.4 Å². The van der Waals surface area contributed by atoms with E-state index in [0.717, 1.165) is 31.2 Å². The highest BCUT2D eigenvalue weighted by Gasteiger charge is 2.37. The first-order valence-electron chi connectivity index (χ1n) is 6.19. The molecule has 0 radical (unpaired) electrons. The van der Waals surface area contributed by atoms with Crippen LogP contribution in [0.4, 0.5) is 17.6 Å². The Hall–Kier alpha value is -2.17. The summed E-state index contributed by atoms with van der Waals surface area (Å²) in [4.78, 5) is 12.2. The molecule has 0 aliphatic carbocycles. The number of ketones is 1. The minimum Gasteiger partial charge on any atom is -0.290 e. The van der Waals surface area contributed by atoms with Crippen LogP contribution in [0.5, 0.6) is 0 Å². The molecule has 5 heteroatoms. The number of benzene rings is 2. The van der Waals surface area contributed by atoms with E-state index in [2.05, 4.69) is 0 Å². The fourth-order valence-corrected chi connectivity index (χ4v) is 1.96. The van der Waals surface area contributed by atoms with Crippen LogP contribution in [0.15, 0.2) is 54.6 Å². The van der Waals surface area contributed by atoms with Crippen LogP contribution in [-0.2, 0) is 11.8 Å². The van der Waals surface area contributed by atoms with Crippen LogP contribution >= 0.6 is 0 Å². The molecule has 2 aromatic carbocycles. The number of alkyl halides is 4. The van der Waals surface area contributed by atoms with Crippen LogP contribution in [0.3, 0.4) is 0 Å². The minimum atomic E-state index is -4.49. The van der Waals surface area contributed by atoms with Crippen molar-refractivity contribution in [2.24, 2.45) is 0 Å². The molecule has 0 aromatic heterocycles. The molecule has 0 fully saturated rings. The lowest BCUT2D eigenvalue weighted by Gasteiger charge is -2.20. The molecule has 1 unspecified atom stereocenters. The topological polar surface area (TPSA) is 17.1 Å². The molecule has 0 heterocycles. The maximum absolute atomic E-state index is 14.7. The Morgan fingerprint density at radius 3 is 1.76 bits per heavy atom. The highest BCUT2D eigenvalue weighted by molar-refractivity contribution is 6.02. The maximum atomic E-state index is 14.7. The average molecular weight is 296 g/mol. The Bertz CT molecular complexity index is 628. The van der Waals surface area contributed by atoms with E-state index >= 15 is 0 Å². The predicted molar refractivity (Wildman–Crippen MR) is 70.7 cm³/mol. The summed E-state index contributed by atoms with van der Waals surface area (Å²) in [6, 6.07) is 11.3. The zero-order valence-electron chi connectivity index (χ0n) is 11.1. The van der Waals surface area contributed by atoms with Crippen molar-refractivity contribution in [3.63, 3.8) is 0 Å². The van der Waals surface area contributed by atoms with Crippen molar-refractivity contribution in [1.82, 2.24) is 0 Å². The summed E-state index contributed by atoms with van der Waals surface area (Å²) in [6.07, 6.45) is -4.49. The number of carbonyl (C=O) groups excluding carboxylic acids is 1. The SMILES string of the molecule is CC(F)(C(=O)c1ccccc1)c1ccc(C(F)(F)F)cc1. The number of hydrogen-bond donors (Lipinski definition) is 0. The molecule has 0 saturated heterocycles. The van der Waals surface area contributed by atoms with Gasteiger partial charge in [-0.2, -0.15) is 13.2 Å². The first-order chi connectivity index (χ1) is 9.73. The lowest BCUT2D eigenvalue weighted by Crippen LogP contribution is -2.27. The number of rotatable bonds is 3. The summed E-state index contributed by atoms with van der Waals surface area (Å²) in [5, 5.41) is 0. The Balaban J connectivity index is 2.34. The van der Waals surface area contributed by atoms with E-state index in [9.17, 15) is 22.4 Å². The van der Waals surface area contributed by atoms with E-state index < -0.39 is 23.2 Å². The zero-order valence-corrected chi connectivity index (χ0v) is 11.1. The third-order valence-corrected chi connectivity index (χ3v) is 3.22. The van der Waals surface area contributed by atoms with Crippen LogP contribution in [0.2, 0.25) is 0 Å². The molecule has 0 N–H and O–H groups in total. The average Bonchev–Trinajstić information content (AvgIpc) is 2.46. The molecule has 2 rings (SSSR count). The standard InChI is InChI=1S/C16H12F4O/c1-15(17,14(21)11-5-3-2-4-6-11)12-7-9-13(10-8-12)16(18,19)20/h2-10H,1H3. The molecular weight excluding hydrogens is 284 g/mol. The van der Waals surface area contributed by atoms with Crippen molar-refractivity contribution >= 4 is 5.78 Å². The first-order valence-corrected chi connectivity index (χ1v) is 6.19. The largest absolute Gasteiger partial charge is 0.416 e. The monoisotopic (exact) mass is 296 g/mol. The summed E-state index contributed by atoms with van der Waals surface area (Å²) in [7, 11) is 0. The van der Waals surface area contributed by atoms with Gasteiger partial charge in [0.2, 0.25) is 5.78 Å². The van der Waals surface area contributed by atoms with E-state index in [4.69, 9.17) is 0 Å². The van der Waals surface area contributed by atoms with E-state index in [1.807, 2.05) is 0 Å². The minimum absolute atomic E-state index is 0.107.